The molecule has 0 amide bonds. The van der Waals surface area contributed by atoms with Crippen LogP contribution in [0.15, 0.2) is 121 Å². The number of nitrogens with zero attached hydrogens (tertiary/aromatic N) is 1. The fourth-order valence-electron chi connectivity index (χ4n) is 5.89. The molecule has 2 aliphatic heterocycles. The summed E-state index contributed by atoms with van der Waals surface area (Å²) in [6.45, 7) is 4.58. The van der Waals surface area contributed by atoms with Gasteiger partial charge in [-0.2, -0.15) is 0 Å². The SMILES string of the molecule is CC1(C)c2ccccc2N(c2ccc(P3(=O)c4ccccc4Oc4ccccc43)cc2)c2ccccc21. The highest BCUT2D eigenvalue weighted by Gasteiger charge is 2.40. The van der Waals surface area contributed by atoms with Gasteiger partial charge in [-0.05, 0) is 71.8 Å². The number of hydrogen-bond donors (Lipinski definition) is 0. The molecule has 0 bridgehead atoms. The lowest BCUT2D eigenvalue weighted by molar-refractivity contribution is 0.485. The zero-order valence-corrected chi connectivity index (χ0v) is 21.7. The number of benzene rings is 5. The number of fused-ring (bicyclic) bond motifs is 4. The van der Waals surface area contributed by atoms with Gasteiger partial charge in [0, 0.05) is 16.4 Å². The first-order valence-corrected chi connectivity index (χ1v) is 14.3. The van der Waals surface area contributed by atoms with Gasteiger partial charge in [0.2, 0.25) is 0 Å². The molecule has 0 radical (unpaired) electrons. The van der Waals surface area contributed by atoms with Crippen molar-refractivity contribution in [1.29, 1.82) is 0 Å². The first-order chi connectivity index (χ1) is 18.0. The number of hydrogen-bond acceptors (Lipinski definition) is 3. The molecule has 2 aliphatic rings. The highest BCUT2D eigenvalue weighted by atomic mass is 31.2. The van der Waals surface area contributed by atoms with Crippen LogP contribution in [0.5, 0.6) is 11.5 Å². The fourth-order valence-corrected chi connectivity index (χ4v) is 8.73. The highest BCUT2D eigenvalue weighted by Crippen LogP contribution is 2.53. The van der Waals surface area contributed by atoms with Gasteiger partial charge in [-0.25, -0.2) is 0 Å². The summed E-state index contributed by atoms with van der Waals surface area (Å²) in [5.41, 5.74) is 5.86. The van der Waals surface area contributed by atoms with E-state index in [2.05, 4.69) is 79.4 Å². The molecule has 0 atom stereocenters. The number of rotatable bonds is 2. The smallest absolute Gasteiger partial charge is 0.178 e. The van der Waals surface area contributed by atoms with Gasteiger partial charge in [0.25, 0.3) is 0 Å². The van der Waals surface area contributed by atoms with Crippen molar-refractivity contribution in [3.63, 3.8) is 0 Å². The third-order valence-corrected chi connectivity index (χ3v) is 10.9. The van der Waals surface area contributed by atoms with Crippen LogP contribution in [0.1, 0.15) is 25.0 Å². The molecule has 2 heterocycles. The van der Waals surface area contributed by atoms with Crippen LogP contribution in [0.2, 0.25) is 0 Å². The van der Waals surface area contributed by atoms with Crippen LogP contribution in [-0.4, -0.2) is 0 Å². The lowest BCUT2D eigenvalue weighted by Gasteiger charge is -2.42. The maximum Gasteiger partial charge on any atom is 0.178 e. The molecule has 3 nitrogen and oxygen atoms in total. The normalized spacial score (nSPS) is 16.0. The second-order valence-corrected chi connectivity index (χ2v) is 12.9. The van der Waals surface area contributed by atoms with E-state index in [4.69, 9.17) is 4.74 Å². The Morgan fingerprint density at radius 2 is 1.05 bits per heavy atom. The molecule has 4 heteroatoms. The van der Waals surface area contributed by atoms with Crippen LogP contribution < -0.4 is 25.6 Å². The van der Waals surface area contributed by atoms with Gasteiger partial charge in [-0.15, -0.1) is 0 Å². The summed E-state index contributed by atoms with van der Waals surface area (Å²) in [4.78, 5) is 2.32. The zero-order chi connectivity index (χ0) is 25.2. The highest BCUT2D eigenvalue weighted by molar-refractivity contribution is 7.85. The van der Waals surface area contributed by atoms with Crippen molar-refractivity contribution in [1.82, 2.24) is 0 Å². The summed E-state index contributed by atoms with van der Waals surface area (Å²) in [6, 6.07) is 40.9. The second kappa shape index (κ2) is 7.96. The minimum Gasteiger partial charge on any atom is -0.456 e. The maximum atomic E-state index is 15.0. The van der Waals surface area contributed by atoms with E-state index < -0.39 is 7.14 Å². The minimum atomic E-state index is -3.10. The summed E-state index contributed by atoms with van der Waals surface area (Å²) < 4.78 is 21.1. The van der Waals surface area contributed by atoms with Crippen LogP contribution >= 0.6 is 7.14 Å². The quantitative estimate of drug-likeness (QED) is 0.231. The molecule has 0 saturated heterocycles. The molecule has 0 fully saturated rings. The number of anilines is 3. The van der Waals surface area contributed by atoms with Crippen molar-refractivity contribution in [2.24, 2.45) is 0 Å². The van der Waals surface area contributed by atoms with Gasteiger partial charge in [-0.1, -0.05) is 74.5 Å². The second-order valence-electron chi connectivity index (χ2n) is 10.2. The first-order valence-electron chi connectivity index (χ1n) is 12.6. The largest absolute Gasteiger partial charge is 0.456 e. The third-order valence-electron chi connectivity index (χ3n) is 7.74. The van der Waals surface area contributed by atoms with E-state index in [0.29, 0.717) is 11.5 Å². The molecule has 7 rings (SSSR count). The van der Waals surface area contributed by atoms with Gasteiger partial charge >= 0.3 is 0 Å². The molecule has 180 valence electrons. The standard InChI is InChI=1S/C33H26NO2P/c1-33(2)25-11-3-5-13-27(25)34(28-14-6-4-12-26(28)33)23-19-21-24(22-20-23)37(35)31-17-9-7-15-29(31)36-30-16-8-10-18-32(30)37/h3-22H,1-2H3. The predicted molar refractivity (Wildman–Crippen MR) is 153 cm³/mol. The molecule has 5 aromatic carbocycles. The predicted octanol–water partition coefficient (Wildman–Crippen LogP) is 7.54. The summed E-state index contributed by atoms with van der Waals surface area (Å²) in [7, 11) is -3.10. The number of para-hydroxylation sites is 4. The average molecular weight is 500 g/mol. The molecule has 0 saturated carbocycles. The van der Waals surface area contributed by atoms with Crippen LogP contribution in [0, 0.1) is 0 Å². The molecule has 0 aliphatic carbocycles. The molecular weight excluding hydrogens is 473 g/mol. The van der Waals surface area contributed by atoms with Gasteiger partial charge in [-0.3, -0.25) is 0 Å². The zero-order valence-electron chi connectivity index (χ0n) is 20.8. The first kappa shape index (κ1) is 22.2. The molecule has 0 aromatic heterocycles. The lowest BCUT2D eigenvalue weighted by atomic mass is 9.73. The minimum absolute atomic E-state index is 0.107. The van der Waals surface area contributed by atoms with E-state index in [9.17, 15) is 4.57 Å². The van der Waals surface area contributed by atoms with Crippen molar-refractivity contribution < 1.29 is 9.30 Å². The molecule has 37 heavy (non-hydrogen) atoms. The monoisotopic (exact) mass is 499 g/mol. The van der Waals surface area contributed by atoms with Gasteiger partial charge in [0.15, 0.2) is 7.14 Å². The Morgan fingerprint density at radius 3 is 1.59 bits per heavy atom. The average Bonchev–Trinajstić information content (AvgIpc) is 2.94. The third kappa shape index (κ3) is 3.11. The molecule has 0 unspecified atom stereocenters. The van der Waals surface area contributed by atoms with Crippen molar-refractivity contribution in [3.8, 4) is 11.5 Å². The van der Waals surface area contributed by atoms with Crippen molar-refractivity contribution >= 4 is 40.1 Å². The summed E-state index contributed by atoms with van der Waals surface area (Å²) in [6.07, 6.45) is 0. The summed E-state index contributed by atoms with van der Waals surface area (Å²) in [5.74, 6) is 1.32. The van der Waals surface area contributed by atoms with E-state index in [0.717, 1.165) is 21.6 Å². The number of ether oxygens (including phenoxy) is 1. The maximum absolute atomic E-state index is 15.0. The van der Waals surface area contributed by atoms with Gasteiger partial charge < -0.3 is 14.2 Å². The molecular formula is C33H26NO2P. The summed E-state index contributed by atoms with van der Waals surface area (Å²) in [5, 5.41) is 2.30. The van der Waals surface area contributed by atoms with Crippen LogP contribution in [0.4, 0.5) is 17.1 Å². The van der Waals surface area contributed by atoms with E-state index in [1.54, 1.807) is 0 Å². The Morgan fingerprint density at radius 1 is 0.595 bits per heavy atom. The lowest BCUT2D eigenvalue weighted by Crippen LogP contribution is -2.31. The molecule has 0 spiro atoms. The van der Waals surface area contributed by atoms with Crippen LogP contribution in [-0.2, 0) is 9.98 Å². The Hall–Kier alpha value is -4.07. The van der Waals surface area contributed by atoms with Crippen LogP contribution in [0.3, 0.4) is 0 Å². The van der Waals surface area contributed by atoms with Crippen molar-refractivity contribution in [2.75, 3.05) is 4.90 Å². The van der Waals surface area contributed by atoms with Crippen molar-refractivity contribution in [3.05, 3.63) is 132 Å². The fraction of sp³-hybridized carbons (Fsp3) is 0.0909. The van der Waals surface area contributed by atoms with E-state index in [1.807, 2.05) is 60.7 Å². The van der Waals surface area contributed by atoms with Crippen molar-refractivity contribution in [2.45, 2.75) is 19.3 Å². The Labute approximate surface area is 217 Å². The molecule has 0 N–H and O–H groups in total. The van der Waals surface area contributed by atoms with Crippen LogP contribution in [0.25, 0.3) is 0 Å². The van der Waals surface area contributed by atoms with E-state index in [-0.39, 0.29) is 5.41 Å². The molecule has 5 aromatic rings. The van der Waals surface area contributed by atoms with Gasteiger partial charge in [0.1, 0.15) is 11.5 Å². The van der Waals surface area contributed by atoms with E-state index >= 15 is 0 Å². The summed E-state index contributed by atoms with van der Waals surface area (Å²) >= 11 is 0. The topological polar surface area (TPSA) is 29.5 Å². The van der Waals surface area contributed by atoms with E-state index in [1.165, 1.54) is 22.5 Å². The Balaban J connectivity index is 1.40. The Kier molecular flexibility index (Phi) is 4.77. The Bertz CT molecular complexity index is 1620. The van der Waals surface area contributed by atoms with Gasteiger partial charge in [0.05, 0.1) is 22.0 Å².